The molecular weight excluding hydrogens is 335 g/mol. The molecule has 0 saturated heterocycles. The van der Waals surface area contributed by atoms with Gasteiger partial charge in [-0.25, -0.2) is 4.39 Å². The quantitative estimate of drug-likeness (QED) is 0.691. The van der Waals surface area contributed by atoms with Crippen LogP contribution in [0.2, 0.25) is 0 Å². The molecule has 0 spiro atoms. The molecule has 6 heteroatoms. The van der Waals surface area contributed by atoms with E-state index < -0.39 is 5.82 Å². The molecule has 0 unspecified atom stereocenters. The summed E-state index contributed by atoms with van der Waals surface area (Å²) in [5.74, 6) is -0.466. The monoisotopic (exact) mass is 350 g/mol. The van der Waals surface area contributed by atoms with Gasteiger partial charge in [-0.05, 0) is 60.7 Å². The predicted molar refractivity (Wildman–Crippen MR) is 94.6 cm³/mol. The molecule has 3 aromatic rings. The highest BCUT2D eigenvalue weighted by atomic mass is 19.1. The molecule has 1 heterocycles. The minimum atomic E-state index is -0.394. The fraction of sp³-hybridized carbons (Fsp3) is 0.0500. The SMILES string of the molecule is O=C(COc1ccc(C(=O)c2ccc(F)cc2)cc1)Nc1cccnc1. The van der Waals surface area contributed by atoms with Gasteiger partial charge in [0, 0.05) is 17.3 Å². The maximum absolute atomic E-state index is 12.9. The van der Waals surface area contributed by atoms with Gasteiger partial charge in [0.1, 0.15) is 11.6 Å². The Balaban J connectivity index is 1.56. The minimum absolute atomic E-state index is 0.167. The Morgan fingerprint density at radius 1 is 0.962 bits per heavy atom. The zero-order valence-electron chi connectivity index (χ0n) is 13.7. The first kappa shape index (κ1) is 17.3. The zero-order valence-corrected chi connectivity index (χ0v) is 13.7. The van der Waals surface area contributed by atoms with E-state index in [1.807, 2.05) is 0 Å². The standard InChI is InChI=1S/C20H15FN2O3/c21-16-7-3-14(4-8-16)20(25)15-5-9-18(10-6-15)26-13-19(24)23-17-2-1-11-22-12-17/h1-12H,13H2,(H,23,24). The van der Waals surface area contributed by atoms with Crippen LogP contribution in [0.4, 0.5) is 10.1 Å². The van der Waals surface area contributed by atoms with Crippen LogP contribution in [0.3, 0.4) is 0 Å². The molecule has 2 aromatic carbocycles. The number of aromatic nitrogens is 1. The lowest BCUT2D eigenvalue weighted by molar-refractivity contribution is -0.118. The first-order valence-electron chi connectivity index (χ1n) is 7.85. The van der Waals surface area contributed by atoms with Gasteiger partial charge >= 0.3 is 0 Å². The minimum Gasteiger partial charge on any atom is -0.484 e. The molecule has 0 fully saturated rings. The lowest BCUT2D eigenvalue weighted by Crippen LogP contribution is -2.20. The Kier molecular flexibility index (Phi) is 5.34. The number of benzene rings is 2. The molecule has 26 heavy (non-hydrogen) atoms. The molecule has 3 rings (SSSR count). The first-order chi connectivity index (χ1) is 12.6. The number of nitrogens with one attached hydrogen (secondary N) is 1. The van der Waals surface area contributed by atoms with Crippen molar-refractivity contribution in [3.8, 4) is 5.75 Å². The third kappa shape index (κ3) is 4.51. The fourth-order valence-corrected chi connectivity index (χ4v) is 2.25. The number of pyridine rings is 1. The van der Waals surface area contributed by atoms with Crippen LogP contribution in [0.1, 0.15) is 15.9 Å². The number of ether oxygens (including phenoxy) is 1. The van der Waals surface area contributed by atoms with Crippen molar-refractivity contribution in [3.05, 3.63) is 90.0 Å². The van der Waals surface area contributed by atoms with Crippen LogP contribution < -0.4 is 10.1 Å². The van der Waals surface area contributed by atoms with E-state index in [9.17, 15) is 14.0 Å². The number of carbonyl (C=O) groups excluding carboxylic acids is 2. The molecule has 0 bridgehead atoms. The number of nitrogens with zero attached hydrogens (tertiary/aromatic N) is 1. The lowest BCUT2D eigenvalue weighted by Gasteiger charge is -2.08. The summed E-state index contributed by atoms with van der Waals surface area (Å²) in [6, 6.07) is 15.2. The van der Waals surface area contributed by atoms with E-state index in [1.165, 1.54) is 30.5 Å². The molecule has 0 aliphatic rings. The summed E-state index contributed by atoms with van der Waals surface area (Å²) < 4.78 is 18.3. The van der Waals surface area contributed by atoms with Gasteiger partial charge in [-0.2, -0.15) is 0 Å². The van der Waals surface area contributed by atoms with E-state index in [4.69, 9.17) is 4.74 Å². The van der Waals surface area contributed by atoms with Gasteiger partial charge in [-0.3, -0.25) is 14.6 Å². The number of amides is 1. The highest BCUT2D eigenvalue weighted by Gasteiger charge is 2.10. The van der Waals surface area contributed by atoms with Gasteiger partial charge in [-0.1, -0.05) is 0 Å². The average molecular weight is 350 g/mol. The molecular formula is C20H15FN2O3. The lowest BCUT2D eigenvalue weighted by atomic mass is 10.0. The second-order valence-corrected chi connectivity index (χ2v) is 5.44. The topological polar surface area (TPSA) is 68.3 Å². The van der Waals surface area contributed by atoms with E-state index in [1.54, 1.807) is 42.6 Å². The second kappa shape index (κ2) is 8.02. The molecule has 0 saturated carbocycles. The van der Waals surface area contributed by atoms with Gasteiger partial charge in [0.15, 0.2) is 12.4 Å². The van der Waals surface area contributed by atoms with Crippen molar-refractivity contribution in [2.75, 3.05) is 11.9 Å². The normalized spacial score (nSPS) is 10.2. The molecule has 0 aliphatic carbocycles. The molecule has 1 amide bonds. The van der Waals surface area contributed by atoms with Crippen molar-refractivity contribution in [2.24, 2.45) is 0 Å². The summed E-state index contributed by atoms with van der Waals surface area (Å²) in [4.78, 5) is 28.0. The Labute approximate surface area is 149 Å². The van der Waals surface area contributed by atoms with Crippen LogP contribution in [0, 0.1) is 5.82 Å². The summed E-state index contributed by atoms with van der Waals surface area (Å²) in [6.45, 7) is -0.167. The van der Waals surface area contributed by atoms with Crippen molar-refractivity contribution in [1.82, 2.24) is 4.98 Å². The average Bonchev–Trinajstić information content (AvgIpc) is 2.68. The first-order valence-corrected chi connectivity index (χ1v) is 7.85. The van der Waals surface area contributed by atoms with Gasteiger partial charge < -0.3 is 10.1 Å². The third-order valence-corrected chi connectivity index (χ3v) is 3.54. The molecule has 1 aromatic heterocycles. The number of rotatable bonds is 6. The molecule has 5 nitrogen and oxygen atoms in total. The van der Waals surface area contributed by atoms with Crippen LogP contribution in [0.5, 0.6) is 5.75 Å². The summed E-state index contributed by atoms with van der Waals surface area (Å²) in [7, 11) is 0. The van der Waals surface area contributed by atoms with E-state index in [2.05, 4.69) is 10.3 Å². The Morgan fingerprint density at radius 2 is 1.62 bits per heavy atom. The summed E-state index contributed by atoms with van der Waals surface area (Å²) in [6.07, 6.45) is 3.15. The largest absolute Gasteiger partial charge is 0.484 e. The van der Waals surface area contributed by atoms with Gasteiger partial charge in [-0.15, -0.1) is 0 Å². The predicted octanol–water partition coefficient (Wildman–Crippen LogP) is 3.47. The number of halogens is 1. The van der Waals surface area contributed by atoms with E-state index >= 15 is 0 Å². The molecule has 1 N–H and O–H groups in total. The maximum Gasteiger partial charge on any atom is 0.262 e. The van der Waals surface area contributed by atoms with Crippen LogP contribution in [-0.4, -0.2) is 23.3 Å². The number of carbonyl (C=O) groups is 2. The molecule has 0 aliphatic heterocycles. The molecule has 0 radical (unpaired) electrons. The maximum atomic E-state index is 12.9. The van der Waals surface area contributed by atoms with Crippen molar-refractivity contribution < 1.29 is 18.7 Å². The van der Waals surface area contributed by atoms with Gasteiger partial charge in [0.2, 0.25) is 0 Å². The van der Waals surface area contributed by atoms with E-state index in [0.29, 0.717) is 22.6 Å². The van der Waals surface area contributed by atoms with Crippen LogP contribution in [0.15, 0.2) is 73.1 Å². The third-order valence-electron chi connectivity index (χ3n) is 3.54. The summed E-state index contributed by atoms with van der Waals surface area (Å²) in [5.41, 5.74) is 1.43. The van der Waals surface area contributed by atoms with Crippen molar-refractivity contribution in [3.63, 3.8) is 0 Å². The van der Waals surface area contributed by atoms with Crippen molar-refractivity contribution in [2.45, 2.75) is 0 Å². The van der Waals surface area contributed by atoms with Crippen molar-refractivity contribution >= 4 is 17.4 Å². The highest BCUT2D eigenvalue weighted by Crippen LogP contribution is 2.16. The molecule has 0 atom stereocenters. The fourth-order valence-electron chi connectivity index (χ4n) is 2.25. The number of hydrogen-bond donors (Lipinski definition) is 1. The number of anilines is 1. The van der Waals surface area contributed by atoms with Gasteiger partial charge in [0.05, 0.1) is 11.9 Å². The Hall–Kier alpha value is -3.54. The second-order valence-electron chi connectivity index (χ2n) is 5.44. The zero-order chi connectivity index (χ0) is 18.4. The summed E-state index contributed by atoms with van der Waals surface area (Å²) in [5, 5.41) is 2.66. The Morgan fingerprint density at radius 3 is 2.23 bits per heavy atom. The van der Waals surface area contributed by atoms with Gasteiger partial charge in [0.25, 0.3) is 5.91 Å². The van der Waals surface area contributed by atoms with E-state index in [0.717, 1.165) is 0 Å². The smallest absolute Gasteiger partial charge is 0.262 e. The van der Waals surface area contributed by atoms with Crippen LogP contribution in [-0.2, 0) is 4.79 Å². The van der Waals surface area contributed by atoms with E-state index in [-0.39, 0.29) is 18.3 Å². The van der Waals surface area contributed by atoms with Crippen LogP contribution in [0.25, 0.3) is 0 Å². The van der Waals surface area contributed by atoms with Crippen molar-refractivity contribution in [1.29, 1.82) is 0 Å². The Bertz CT molecular complexity index is 895. The highest BCUT2D eigenvalue weighted by molar-refractivity contribution is 6.09. The van der Waals surface area contributed by atoms with Crippen LogP contribution >= 0.6 is 0 Å². The molecule has 130 valence electrons. The number of hydrogen-bond acceptors (Lipinski definition) is 4. The number of ketones is 1. The summed E-state index contributed by atoms with van der Waals surface area (Å²) >= 11 is 0.